The van der Waals surface area contributed by atoms with E-state index in [1.807, 2.05) is 19.9 Å². The molecule has 2 aromatic rings. The number of carbonyl (C=O) groups excluding carboxylic acids is 1. The number of hydrogen-bond donors (Lipinski definition) is 1. The van der Waals surface area contributed by atoms with Crippen LogP contribution in [0.4, 0.5) is 0 Å². The average Bonchev–Trinajstić information content (AvgIpc) is 2.65. The minimum absolute atomic E-state index is 0.112. The van der Waals surface area contributed by atoms with E-state index in [2.05, 4.69) is 31.8 Å². The predicted octanol–water partition coefficient (Wildman–Crippen LogP) is 5.18. The van der Waals surface area contributed by atoms with E-state index < -0.39 is 0 Å². The molecule has 0 saturated heterocycles. The van der Waals surface area contributed by atoms with Crippen molar-refractivity contribution in [1.29, 1.82) is 0 Å². The van der Waals surface area contributed by atoms with Crippen LogP contribution in [0.25, 0.3) is 0 Å². The first kappa shape index (κ1) is 20.6. The van der Waals surface area contributed by atoms with E-state index in [4.69, 9.17) is 9.47 Å². The molecule has 0 fully saturated rings. The average molecular weight is 367 g/mol. The number of methoxy groups -OCH3 is 1. The maximum Gasteiger partial charge on any atom is 0.251 e. The zero-order valence-corrected chi connectivity index (χ0v) is 16.8. The summed E-state index contributed by atoms with van der Waals surface area (Å²) in [7, 11) is 1.69. The minimum atomic E-state index is -0.113. The lowest BCUT2D eigenvalue weighted by Gasteiger charge is -2.21. The van der Waals surface area contributed by atoms with Gasteiger partial charge in [0, 0.05) is 5.56 Å². The highest BCUT2D eigenvalue weighted by molar-refractivity contribution is 5.94. The van der Waals surface area contributed by atoms with E-state index >= 15 is 0 Å². The Kier molecular flexibility index (Phi) is 7.05. The number of rotatable bonds is 8. The molecule has 4 heteroatoms. The van der Waals surface area contributed by atoms with Crippen LogP contribution in [-0.2, 0) is 0 Å². The fraction of sp³-hybridized carbons (Fsp3) is 0.348. The van der Waals surface area contributed by atoms with Gasteiger partial charge in [0.15, 0.2) is 0 Å². The summed E-state index contributed by atoms with van der Waals surface area (Å²) in [5, 5.41) is 3.08. The molecule has 0 aromatic heterocycles. The van der Waals surface area contributed by atoms with Gasteiger partial charge in [0.1, 0.15) is 18.1 Å². The third-order valence-corrected chi connectivity index (χ3v) is 4.54. The van der Waals surface area contributed by atoms with Crippen molar-refractivity contribution >= 4 is 5.91 Å². The fourth-order valence-electron chi connectivity index (χ4n) is 3.03. The molecule has 144 valence electrons. The number of amides is 1. The van der Waals surface area contributed by atoms with Gasteiger partial charge in [0.05, 0.1) is 13.2 Å². The van der Waals surface area contributed by atoms with Gasteiger partial charge in [-0.15, -0.1) is 0 Å². The maximum absolute atomic E-state index is 12.6. The molecule has 4 nitrogen and oxygen atoms in total. The van der Waals surface area contributed by atoms with Gasteiger partial charge in [0.2, 0.25) is 0 Å². The Morgan fingerprint density at radius 3 is 2.37 bits per heavy atom. The van der Waals surface area contributed by atoms with Crippen LogP contribution >= 0.6 is 0 Å². The molecule has 0 unspecified atom stereocenters. The van der Waals surface area contributed by atoms with Crippen molar-refractivity contribution in [2.75, 3.05) is 13.7 Å². The quantitative estimate of drug-likeness (QED) is 0.654. The highest BCUT2D eigenvalue weighted by Crippen LogP contribution is 2.32. The Balaban J connectivity index is 2.16. The highest BCUT2D eigenvalue weighted by atomic mass is 16.5. The van der Waals surface area contributed by atoms with E-state index in [0.717, 1.165) is 22.4 Å². The number of ether oxygens (including phenoxy) is 2. The van der Waals surface area contributed by atoms with Crippen LogP contribution in [0.2, 0.25) is 0 Å². The first-order chi connectivity index (χ1) is 12.9. The summed E-state index contributed by atoms with van der Waals surface area (Å²) >= 11 is 0. The standard InChI is InChI=1S/C23H29NO3/c1-7-12-27-19-10-8-18(9-11-19)23(25)24-17(5)21-14-20(15(2)3)22(26-6)13-16(21)4/h7-11,13-15,17H,1,12H2,2-6H3,(H,24,25)/t17-/m1/s1. The van der Waals surface area contributed by atoms with E-state index in [9.17, 15) is 4.79 Å². The summed E-state index contributed by atoms with van der Waals surface area (Å²) in [6.45, 7) is 12.4. The first-order valence-electron chi connectivity index (χ1n) is 9.20. The van der Waals surface area contributed by atoms with Crippen molar-refractivity contribution in [1.82, 2.24) is 5.32 Å². The van der Waals surface area contributed by atoms with Gasteiger partial charge in [-0.1, -0.05) is 26.5 Å². The van der Waals surface area contributed by atoms with Crippen molar-refractivity contribution in [3.05, 3.63) is 71.3 Å². The summed E-state index contributed by atoms with van der Waals surface area (Å²) in [5.41, 5.74) is 3.93. The molecule has 0 spiro atoms. The first-order valence-corrected chi connectivity index (χ1v) is 9.20. The maximum atomic E-state index is 12.6. The normalized spacial score (nSPS) is 11.8. The van der Waals surface area contributed by atoms with Crippen LogP contribution in [0.15, 0.2) is 49.1 Å². The number of nitrogens with one attached hydrogen (secondary N) is 1. The Hall–Kier alpha value is -2.75. The molecule has 2 aromatic carbocycles. The van der Waals surface area contributed by atoms with E-state index in [-0.39, 0.29) is 11.9 Å². The Morgan fingerprint density at radius 1 is 1.15 bits per heavy atom. The molecule has 2 rings (SSSR count). The van der Waals surface area contributed by atoms with Crippen molar-refractivity contribution in [3.8, 4) is 11.5 Å². The second kappa shape index (κ2) is 9.26. The zero-order chi connectivity index (χ0) is 20.0. The second-order valence-electron chi connectivity index (χ2n) is 6.92. The molecule has 1 atom stereocenters. The lowest BCUT2D eigenvalue weighted by Crippen LogP contribution is -2.27. The molecule has 0 bridgehead atoms. The van der Waals surface area contributed by atoms with E-state index in [1.165, 1.54) is 0 Å². The lowest BCUT2D eigenvalue weighted by atomic mass is 9.93. The molecule has 0 saturated carbocycles. The summed E-state index contributed by atoms with van der Waals surface area (Å²) in [6, 6.07) is 11.2. The van der Waals surface area contributed by atoms with E-state index in [1.54, 1.807) is 37.5 Å². The van der Waals surface area contributed by atoms with Gasteiger partial charge < -0.3 is 14.8 Å². The summed E-state index contributed by atoms with van der Waals surface area (Å²) in [6.07, 6.45) is 1.69. The third-order valence-electron chi connectivity index (χ3n) is 4.54. The summed E-state index contributed by atoms with van der Waals surface area (Å²) < 4.78 is 11.0. The van der Waals surface area contributed by atoms with Crippen LogP contribution in [0.3, 0.4) is 0 Å². The Morgan fingerprint density at radius 2 is 1.81 bits per heavy atom. The van der Waals surface area contributed by atoms with Crippen LogP contribution in [0, 0.1) is 6.92 Å². The summed E-state index contributed by atoms with van der Waals surface area (Å²) in [4.78, 5) is 12.6. The molecule has 0 aliphatic heterocycles. The highest BCUT2D eigenvalue weighted by Gasteiger charge is 2.17. The predicted molar refractivity (Wildman–Crippen MR) is 110 cm³/mol. The zero-order valence-electron chi connectivity index (χ0n) is 16.8. The van der Waals surface area contributed by atoms with E-state index in [0.29, 0.717) is 23.8 Å². The van der Waals surface area contributed by atoms with Crippen molar-refractivity contribution in [3.63, 3.8) is 0 Å². The molecule has 0 radical (unpaired) electrons. The molecule has 1 amide bonds. The fourth-order valence-corrected chi connectivity index (χ4v) is 3.03. The van der Waals surface area contributed by atoms with Gasteiger partial charge in [-0.25, -0.2) is 0 Å². The number of hydrogen-bond acceptors (Lipinski definition) is 3. The van der Waals surface area contributed by atoms with Gasteiger partial charge in [-0.05, 0) is 72.9 Å². The van der Waals surface area contributed by atoms with Gasteiger partial charge in [0.25, 0.3) is 5.91 Å². The minimum Gasteiger partial charge on any atom is -0.496 e. The number of benzene rings is 2. The van der Waals surface area contributed by atoms with Gasteiger partial charge >= 0.3 is 0 Å². The van der Waals surface area contributed by atoms with Crippen LogP contribution < -0.4 is 14.8 Å². The molecule has 0 heterocycles. The van der Waals surface area contributed by atoms with Crippen molar-refractivity contribution < 1.29 is 14.3 Å². The number of carbonyl (C=O) groups is 1. The van der Waals surface area contributed by atoms with Crippen LogP contribution in [0.5, 0.6) is 11.5 Å². The molecule has 1 N–H and O–H groups in total. The molecule has 27 heavy (non-hydrogen) atoms. The van der Waals surface area contributed by atoms with Crippen LogP contribution in [-0.4, -0.2) is 19.6 Å². The third kappa shape index (κ3) is 5.13. The molecule has 0 aliphatic carbocycles. The lowest BCUT2D eigenvalue weighted by molar-refractivity contribution is 0.0940. The van der Waals surface area contributed by atoms with Crippen molar-refractivity contribution in [2.45, 2.75) is 39.7 Å². The van der Waals surface area contributed by atoms with Gasteiger partial charge in [-0.2, -0.15) is 0 Å². The Labute approximate surface area is 162 Å². The monoisotopic (exact) mass is 367 g/mol. The molecule has 0 aliphatic rings. The SMILES string of the molecule is C=CCOc1ccc(C(=O)N[C@H](C)c2cc(C(C)C)c(OC)cc2C)cc1. The molecular formula is C23H29NO3. The largest absolute Gasteiger partial charge is 0.496 e. The topological polar surface area (TPSA) is 47.6 Å². The smallest absolute Gasteiger partial charge is 0.251 e. The van der Waals surface area contributed by atoms with Crippen LogP contribution in [0.1, 0.15) is 59.8 Å². The number of aryl methyl sites for hydroxylation is 1. The summed E-state index contributed by atoms with van der Waals surface area (Å²) in [5.74, 6) is 1.83. The van der Waals surface area contributed by atoms with Gasteiger partial charge in [-0.3, -0.25) is 4.79 Å². The Bertz CT molecular complexity index is 794. The second-order valence-corrected chi connectivity index (χ2v) is 6.92. The van der Waals surface area contributed by atoms with Crippen molar-refractivity contribution in [2.24, 2.45) is 0 Å². The molecular weight excluding hydrogens is 338 g/mol.